The Bertz CT molecular complexity index is 976. The molecule has 0 amide bonds. The number of carbonyl (C=O) groups is 1. The van der Waals surface area contributed by atoms with Gasteiger partial charge in [0.2, 0.25) is 0 Å². The van der Waals surface area contributed by atoms with Crippen molar-refractivity contribution in [3.8, 4) is 5.75 Å². The normalized spacial score (nSPS) is 19.5. The van der Waals surface area contributed by atoms with E-state index in [1.54, 1.807) is 18.2 Å². The van der Waals surface area contributed by atoms with Gasteiger partial charge in [-0.25, -0.2) is 14.0 Å². The summed E-state index contributed by atoms with van der Waals surface area (Å²) >= 11 is 5.88. The van der Waals surface area contributed by atoms with Crippen LogP contribution in [0.3, 0.4) is 0 Å². The Morgan fingerprint density at radius 3 is 2.60 bits per heavy atom. The zero-order chi connectivity index (χ0) is 21.8. The number of benzene rings is 2. The Morgan fingerprint density at radius 2 is 1.97 bits per heavy atom. The third-order valence-corrected chi connectivity index (χ3v) is 5.45. The summed E-state index contributed by atoms with van der Waals surface area (Å²) in [5.74, 6) is 0.805. The van der Waals surface area contributed by atoms with Gasteiger partial charge in [0.1, 0.15) is 35.5 Å². The van der Waals surface area contributed by atoms with Crippen LogP contribution in [0.2, 0.25) is 5.02 Å². The second-order valence-corrected chi connectivity index (χ2v) is 7.69. The number of halogens is 2. The number of carbonyl (C=O) groups excluding carboxylic acids is 1. The molecule has 1 fully saturated rings. The lowest BCUT2D eigenvalue weighted by Crippen LogP contribution is -2.55. The molecule has 1 saturated heterocycles. The predicted octanol–water partition coefficient (Wildman–Crippen LogP) is 3.82. The van der Waals surface area contributed by atoms with Crippen LogP contribution in [0.25, 0.3) is 0 Å². The lowest BCUT2D eigenvalue weighted by molar-refractivity contribution is 0.0278. The number of carboxylic acids is 1. The SMILES string of the molecule is C[C@@H]1C(=C=O)N(Cc2ccc(F)cc2)[C@@H](C)CN1COc1ccc(Cl)cc1C(=O)O. The maximum Gasteiger partial charge on any atom is 0.339 e. The van der Waals surface area contributed by atoms with Gasteiger partial charge in [-0.1, -0.05) is 23.7 Å². The summed E-state index contributed by atoms with van der Waals surface area (Å²) in [7, 11) is 0. The molecule has 2 aromatic carbocycles. The van der Waals surface area contributed by atoms with Crippen LogP contribution in [0.5, 0.6) is 5.75 Å². The lowest BCUT2D eigenvalue weighted by atomic mass is 10.0. The van der Waals surface area contributed by atoms with Gasteiger partial charge in [-0.3, -0.25) is 4.90 Å². The Kier molecular flexibility index (Phi) is 6.77. The number of aromatic carboxylic acids is 1. The molecule has 1 aliphatic heterocycles. The number of nitrogens with zero attached hydrogens (tertiary/aromatic N) is 2. The first kappa shape index (κ1) is 21.8. The molecule has 1 aliphatic rings. The van der Waals surface area contributed by atoms with Crippen molar-refractivity contribution in [3.05, 3.63) is 70.1 Å². The van der Waals surface area contributed by atoms with Crippen molar-refractivity contribution in [1.29, 1.82) is 0 Å². The molecule has 30 heavy (non-hydrogen) atoms. The fraction of sp³-hybridized carbons (Fsp3) is 0.318. The largest absolute Gasteiger partial charge is 0.478 e. The molecule has 0 radical (unpaired) electrons. The molecule has 0 aliphatic carbocycles. The van der Waals surface area contributed by atoms with Gasteiger partial charge in [0.25, 0.3) is 0 Å². The zero-order valence-corrected chi connectivity index (χ0v) is 17.4. The van der Waals surface area contributed by atoms with Crippen molar-refractivity contribution in [2.45, 2.75) is 32.5 Å². The van der Waals surface area contributed by atoms with E-state index in [1.165, 1.54) is 24.3 Å². The van der Waals surface area contributed by atoms with Crippen LogP contribution < -0.4 is 4.74 Å². The Balaban J connectivity index is 1.73. The minimum Gasteiger partial charge on any atom is -0.478 e. The van der Waals surface area contributed by atoms with Crippen LogP contribution in [0.1, 0.15) is 29.8 Å². The van der Waals surface area contributed by atoms with Crippen LogP contribution >= 0.6 is 11.6 Å². The van der Waals surface area contributed by atoms with Crippen molar-refractivity contribution < 1.29 is 23.8 Å². The van der Waals surface area contributed by atoms with Gasteiger partial charge in [-0.2, -0.15) is 0 Å². The Morgan fingerprint density at radius 1 is 1.27 bits per heavy atom. The summed E-state index contributed by atoms with van der Waals surface area (Å²) in [4.78, 5) is 27.1. The second kappa shape index (κ2) is 9.30. The van der Waals surface area contributed by atoms with Gasteiger partial charge < -0.3 is 14.7 Å². The van der Waals surface area contributed by atoms with Gasteiger partial charge in [-0.05, 0) is 49.7 Å². The average Bonchev–Trinajstić information content (AvgIpc) is 2.71. The number of hydrogen-bond donors (Lipinski definition) is 1. The Labute approximate surface area is 179 Å². The molecule has 6 nitrogen and oxygen atoms in total. The van der Waals surface area contributed by atoms with Crippen molar-refractivity contribution in [2.24, 2.45) is 0 Å². The molecular formula is C22H22ClFN2O4. The summed E-state index contributed by atoms with van der Waals surface area (Å²) in [6.07, 6.45) is 0. The van der Waals surface area contributed by atoms with Crippen molar-refractivity contribution in [2.75, 3.05) is 13.3 Å². The summed E-state index contributed by atoms with van der Waals surface area (Å²) in [6.45, 7) is 5.00. The minimum atomic E-state index is -1.13. The molecular weight excluding hydrogens is 411 g/mol. The van der Waals surface area contributed by atoms with E-state index < -0.39 is 5.97 Å². The fourth-order valence-corrected chi connectivity index (χ4v) is 3.70. The first-order valence-electron chi connectivity index (χ1n) is 9.46. The van der Waals surface area contributed by atoms with Crippen LogP contribution in [0, 0.1) is 5.82 Å². The number of piperazine rings is 1. The van der Waals surface area contributed by atoms with E-state index >= 15 is 0 Å². The minimum absolute atomic E-state index is 0.0238. The quantitative estimate of drug-likeness (QED) is 0.700. The van der Waals surface area contributed by atoms with E-state index in [9.17, 15) is 19.1 Å². The first-order valence-corrected chi connectivity index (χ1v) is 9.83. The van der Waals surface area contributed by atoms with E-state index in [-0.39, 0.29) is 35.9 Å². The van der Waals surface area contributed by atoms with Crippen LogP contribution in [0.4, 0.5) is 4.39 Å². The molecule has 158 valence electrons. The summed E-state index contributed by atoms with van der Waals surface area (Å²) < 4.78 is 18.9. The maximum atomic E-state index is 13.2. The van der Waals surface area contributed by atoms with Crippen LogP contribution in [-0.2, 0) is 11.3 Å². The molecule has 1 N–H and O–H groups in total. The third-order valence-electron chi connectivity index (χ3n) is 5.21. The average molecular weight is 433 g/mol. The molecule has 1 heterocycles. The van der Waals surface area contributed by atoms with Crippen LogP contribution in [-0.4, -0.2) is 52.2 Å². The number of carboxylic acid groups (broad SMARTS) is 1. The fourth-order valence-electron chi connectivity index (χ4n) is 3.53. The summed E-state index contributed by atoms with van der Waals surface area (Å²) in [6, 6.07) is 10.3. The third kappa shape index (κ3) is 4.82. The molecule has 8 heteroatoms. The number of rotatable bonds is 6. The van der Waals surface area contributed by atoms with Gasteiger partial charge in [0, 0.05) is 24.2 Å². The van der Waals surface area contributed by atoms with Crippen molar-refractivity contribution >= 4 is 23.5 Å². The van der Waals surface area contributed by atoms with E-state index in [1.807, 2.05) is 29.6 Å². The first-order chi connectivity index (χ1) is 14.3. The molecule has 0 spiro atoms. The van der Waals surface area contributed by atoms with E-state index in [0.29, 0.717) is 23.8 Å². The van der Waals surface area contributed by atoms with Crippen molar-refractivity contribution in [1.82, 2.24) is 9.80 Å². The highest BCUT2D eigenvalue weighted by Gasteiger charge is 2.34. The smallest absolute Gasteiger partial charge is 0.339 e. The molecule has 2 atom stereocenters. The Hall–Kier alpha value is -2.86. The molecule has 0 bridgehead atoms. The molecule has 3 rings (SSSR count). The monoisotopic (exact) mass is 432 g/mol. The van der Waals surface area contributed by atoms with Gasteiger partial charge in [-0.15, -0.1) is 0 Å². The second-order valence-electron chi connectivity index (χ2n) is 7.26. The van der Waals surface area contributed by atoms with Crippen molar-refractivity contribution in [3.63, 3.8) is 0 Å². The predicted molar refractivity (Wildman–Crippen MR) is 111 cm³/mol. The maximum absolute atomic E-state index is 13.2. The van der Waals surface area contributed by atoms with Gasteiger partial charge in [0.15, 0.2) is 0 Å². The highest BCUT2D eigenvalue weighted by Crippen LogP contribution is 2.27. The number of hydrogen-bond acceptors (Lipinski definition) is 5. The highest BCUT2D eigenvalue weighted by molar-refractivity contribution is 6.31. The summed E-state index contributed by atoms with van der Waals surface area (Å²) in [5.41, 5.74) is 1.33. The van der Waals surface area contributed by atoms with E-state index in [4.69, 9.17) is 16.3 Å². The van der Waals surface area contributed by atoms with E-state index in [0.717, 1.165) is 5.56 Å². The topological polar surface area (TPSA) is 70.1 Å². The van der Waals surface area contributed by atoms with Crippen LogP contribution in [0.15, 0.2) is 48.2 Å². The summed E-state index contributed by atoms with van der Waals surface area (Å²) in [5, 5.41) is 9.66. The highest BCUT2D eigenvalue weighted by atomic mass is 35.5. The molecule has 2 aromatic rings. The number of ether oxygens (including phenoxy) is 1. The lowest BCUT2D eigenvalue weighted by Gasteiger charge is -2.45. The molecule has 0 aromatic heterocycles. The van der Waals surface area contributed by atoms with E-state index in [2.05, 4.69) is 0 Å². The van der Waals surface area contributed by atoms with Gasteiger partial charge >= 0.3 is 5.97 Å². The molecule has 0 saturated carbocycles. The molecule has 0 unspecified atom stereocenters. The zero-order valence-electron chi connectivity index (χ0n) is 16.6. The van der Waals surface area contributed by atoms with Gasteiger partial charge in [0.05, 0.1) is 6.04 Å². The standard InChI is InChI=1S/C22H22ClFN2O4/c1-14-10-25(13-30-21-8-5-17(23)9-19(21)22(28)29)15(2)20(12-27)26(14)11-16-3-6-18(24)7-4-16/h3-9,14-15H,10-11,13H2,1-2H3,(H,28,29)/t14-,15+/m0/s1.